The number of nitrogens with one attached hydrogen (secondary N) is 1. The van der Waals surface area contributed by atoms with Crippen LogP contribution < -0.4 is 19.9 Å². The first-order chi connectivity index (χ1) is 9.76. The maximum atomic E-state index is 12.4. The molecule has 8 heteroatoms. The molecule has 0 aromatic heterocycles. The fourth-order valence-corrected chi connectivity index (χ4v) is 3.31. The number of aliphatic hydroxyl groups excluding tert-OH is 1. The number of hydrogen-bond acceptors (Lipinski definition) is 6. The standard InChI is InChI=1S/C13H22N2O5S/c1-8(2)10(7-16)15-21(17,18)13-5-9(14)11(19-3)6-12(13)20-4/h5-6,8,10,15-16H,7,14H2,1-4H3. The number of ether oxygens (including phenoxy) is 2. The molecule has 0 radical (unpaired) electrons. The molecule has 0 saturated heterocycles. The highest BCUT2D eigenvalue weighted by Gasteiger charge is 2.26. The van der Waals surface area contributed by atoms with Gasteiger partial charge in [-0.2, -0.15) is 0 Å². The van der Waals surface area contributed by atoms with E-state index in [2.05, 4.69) is 4.72 Å². The Bertz CT molecular complexity index is 586. The largest absolute Gasteiger partial charge is 0.495 e. The van der Waals surface area contributed by atoms with Gasteiger partial charge in [0.05, 0.1) is 26.5 Å². The van der Waals surface area contributed by atoms with E-state index in [1.807, 2.05) is 13.8 Å². The highest BCUT2D eigenvalue weighted by molar-refractivity contribution is 7.89. The van der Waals surface area contributed by atoms with Gasteiger partial charge < -0.3 is 20.3 Å². The molecule has 1 rings (SSSR count). The average molecular weight is 318 g/mol. The Morgan fingerprint density at radius 2 is 1.81 bits per heavy atom. The van der Waals surface area contributed by atoms with Crippen LogP contribution in [0.15, 0.2) is 17.0 Å². The molecule has 1 unspecified atom stereocenters. The average Bonchev–Trinajstić information content (AvgIpc) is 2.44. The SMILES string of the molecule is COc1cc(OC)c(S(=O)(=O)NC(CO)C(C)C)cc1N. The van der Waals surface area contributed by atoms with Crippen LogP contribution in [0.25, 0.3) is 0 Å². The number of nitrogen functional groups attached to an aromatic ring is 1. The Kier molecular flexibility index (Phi) is 5.82. The first-order valence-corrected chi connectivity index (χ1v) is 7.89. The highest BCUT2D eigenvalue weighted by atomic mass is 32.2. The second-order valence-electron chi connectivity index (χ2n) is 4.90. The Balaban J connectivity index is 3.27. The number of sulfonamides is 1. The number of benzene rings is 1. The fraction of sp³-hybridized carbons (Fsp3) is 0.538. The molecule has 0 fully saturated rings. The minimum atomic E-state index is -3.88. The van der Waals surface area contributed by atoms with Crippen LogP contribution in [0.1, 0.15) is 13.8 Å². The molecule has 1 atom stereocenters. The second-order valence-corrected chi connectivity index (χ2v) is 6.58. The number of anilines is 1. The lowest BCUT2D eigenvalue weighted by molar-refractivity contribution is 0.227. The molecule has 0 aliphatic rings. The molecule has 21 heavy (non-hydrogen) atoms. The molecule has 0 aliphatic heterocycles. The van der Waals surface area contributed by atoms with E-state index in [1.54, 1.807) is 0 Å². The maximum absolute atomic E-state index is 12.4. The number of aliphatic hydroxyl groups is 1. The second kappa shape index (κ2) is 6.97. The summed E-state index contributed by atoms with van der Waals surface area (Å²) in [7, 11) is -1.09. The Hall–Kier alpha value is -1.51. The summed E-state index contributed by atoms with van der Waals surface area (Å²) in [6, 6.07) is 2.09. The molecule has 0 spiro atoms. The van der Waals surface area contributed by atoms with E-state index in [0.29, 0.717) is 5.75 Å². The summed E-state index contributed by atoms with van der Waals surface area (Å²) in [5, 5.41) is 9.27. The van der Waals surface area contributed by atoms with Crippen molar-refractivity contribution in [3.8, 4) is 11.5 Å². The van der Waals surface area contributed by atoms with Crippen LogP contribution in [0.2, 0.25) is 0 Å². The summed E-state index contributed by atoms with van der Waals surface area (Å²) in [6.07, 6.45) is 0. The Morgan fingerprint density at radius 3 is 2.24 bits per heavy atom. The predicted molar refractivity (Wildman–Crippen MR) is 80.0 cm³/mol. The molecule has 0 heterocycles. The summed E-state index contributed by atoms with van der Waals surface area (Å²) >= 11 is 0. The van der Waals surface area contributed by atoms with E-state index in [4.69, 9.17) is 15.2 Å². The van der Waals surface area contributed by atoms with Crippen molar-refractivity contribution in [3.63, 3.8) is 0 Å². The lowest BCUT2D eigenvalue weighted by Gasteiger charge is -2.21. The van der Waals surface area contributed by atoms with Crippen molar-refractivity contribution in [1.29, 1.82) is 0 Å². The molecule has 0 saturated carbocycles. The van der Waals surface area contributed by atoms with E-state index >= 15 is 0 Å². The van der Waals surface area contributed by atoms with Crippen LogP contribution in [-0.4, -0.2) is 40.4 Å². The van der Waals surface area contributed by atoms with Gasteiger partial charge >= 0.3 is 0 Å². The minimum absolute atomic E-state index is 0.0636. The summed E-state index contributed by atoms with van der Waals surface area (Å²) in [6.45, 7) is 3.32. The van der Waals surface area contributed by atoms with E-state index in [-0.39, 0.29) is 28.9 Å². The zero-order valence-electron chi connectivity index (χ0n) is 12.6. The molecule has 1 aromatic rings. The third-order valence-electron chi connectivity index (χ3n) is 3.11. The topological polar surface area (TPSA) is 111 Å². The predicted octanol–water partition coefficient (Wildman–Crippen LogP) is 0.581. The lowest BCUT2D eigenvalue weighted by atomic mass is 10.1. The zero-order chi connectivity index (χ0) is 16.2. The van der Waals surface area contributed by atoms with Gasteiger partial charge in [0.15, 0.2) is 0 Å². The van der Waals surface area contributed by atoms with Crippen LogP contribution >= 0.6 is 0 Å². The van der Waals surface area contributed by atoms with Crippen molar-refractivity contribution in [2.75, 3.05) is 26.6 Å². The van der Waals surface area contributed by atoms with Gasteiger partial charge in [0, 0.05) is 12.1 Å². The Morgan fingerprint density at radius 1 is 1.24 bits per heavy atom. The summed E-state index contributed by atoms with van der Waals surface area (Å²) in [4.78, 5) is -0.0950. The van der Waals surface area contributed by atoms with Crippen LogP contribution in [0, 0.1) is 5.92 Å². The third kappa shape index (κ3) is 3.99. The summed E-state index contributed by atoms with van der Waals surface area (Å²) in [5.74, 6) is 0.383. The summed E-state index contributed by atoms with van der Waals surface area (Å²) < 4.78 is 37.4. The summed E-state index contributed by atoms with van der Waals surface area (Å²) in [5.41, 5.74) is 5.94. The van der Waals surface area contributed by atoms with Crippen molar-refractivity contribution in [3.05, 3.63) is 12.1 Å². The molecule has 0 bridgehead atoms. The minimum Gasteiger partial charge on any atom is -0.495 e. The molecule has 0 aliphatic carbocycles. The normalized spacial score (nSPS) is 13.2. The smallest absolute Gasteiger partial charge is 0.244 e. The lowest BCUT2D eigenvalue weighted by Crippen LogP contribution is -2.41. The molecular weight excluding hydrogens is 296 g/mol. The van der Waals surface area contributed by atoms with Crippen LogP contribution in [0.3, 0.4) is 0 Å². The van der Waals surface area contributed by atoms with Crippen molar-refractivity contribution in [1.82, 2.24) is 4.72 Å². The molecular formula is C13H22N2O5S. The molecule has 1 aromatic carbocycles. The number of rotatable bonds is 7. The first-order valence-electron chi connectivity index (χ1n) is 6.41. The van der Waals surface area contributed by atoms with Gasteiger partial charge in [-0.25, -0.2) is 13.1 Å². The number of nitrogens with two attached hydrogens (primary N) is 1. The van der Waals surface area contributed by atoms with Crippen molar-refractivity contribution < 1.29 is 23.0 Å². The van der Waals surface area contributed by atoms with Crippen molar-refractivity contribution in [2.45, 2.75) is 24.8 Å². The monoisotopic (exact) mass is 318 g/mol. The van der Waals surface area contributed by atoms with Crippen molar-refractivity contribution >= 4 is 15.7 Å². The number of methoxy groups -OCH3 is 2. The zero-order valence-corrected chi connectivity index (χ0v) is 13.4. The molecule has 120 valence electrons. The van der Waals surface area contributed by atoms with Gasteiger partial charge in [-0.15, -0.1) is 0 Å². The van der Waals surface area contributed by atoms with E-state index < -0.39 is 16.1 Å². The highest BCUT2D eigenvalue weighted by Crippen LogP contribution is 2.33. The molecule has 4 N–H and O–H groups in total. The quantitative estimate of drug-likeness (QED) is 0.634. The number of hydrogen-bond donors (Lipinski definition) is 3. The van der Waals surface area contributed by atoms with Gasteiger partial charge in [-0.3, -0.25) is 0 Å². The van der Waals surface area contributed by atoms with Crippen LogP contribution in [-0.2, 0) is 10.0 Å². The van der Waals surface area contributed by atoms with Gasteiger partial charge in [0.1, 0.15) is 16.4 Å². The van der Waals surface area contributed by atoms with Crippen LogP contribution in [0.4, 0.5) is 5.69 Å². The van der Waals surface area contributed by atoms with E-state index in [1.165, 1.54) is 26.4 Å². The Labute approximate surface area is 125 Å². The van der Waals surface area contributed by atoms with Gasteiger partial charge in [-0.1, -0.05) is 13.8 Å². The van der Waals surface area contributed by atoms with Crippen molar-refractivity contribution in [2.24, 2.45) is 5.92 Å². The molecule has 0 amide bonds. The first kappa shape index (κ1) is 17.5. The van der Waals surface area contributed by atoms with Gasteiger partial charge in [0.2, 0.25) is 10.0 Å². The third-order valence-corrected chi connectivity index (χ3v) is 4.62. The fourth-order valence-electron chi connectivity index (χ4n) is 1.75. The maximum Gasteiger partial charge on any atom is 0.244 e. The van der Waals surface area contributed by atoms with E-state index in [0.717, 1.165) is 0 Å². The van der Waals surface area contributed by atoms with Crippen LogP contribution in [0.5, 0.6) is 11.5 Å². The van der Waals surface area contributed by atoms with Gasteiger partial charge in [-0.05, 0) is 12.0 Å². The molecule has 7 nitrogen and oxygen atoms in total. The van der Waals surface area contributed by atoms with Gasteiger partial charge in [0.25, 0.3) is 0 Å². The van der Waals surface area contributed by atoms with E-state index in [9.17, 15) is 13.5 Å².